The van der Waals surface area contributed by atoms with E-state index in [0.29, 0.717) is 21.4 Å². The first-order chi connectivity index (χ1) is 9.40. The van der Waals surface area contributed by atoms with Crippen LogP contribution in [0.25, 0.3) is 0 Å². The van der Waals surface area contributed by atoms with Gasteiger partial charge in [-0.2, -0.15) is 0 Å². The van der Waals surface area contributed by atoms with Gasteiger partial charge < -0.3 is 4.74 Å². The SMILES string of the molecule is Cc1ccc(C)c(OC(=O)c2ccc(Cl)c(Cl)c2)c1C. The fourth-order valence-corrected chi connectivity index (χ4v) is 2.16. The number of hydrogen-bond donors (Lipinski definition) is 0. The van der Waals surface area contributed by atoms with Gasteiger partial charge in [-0.3, -0.25) is 0 Å². The zero-order chi connectivity index (χ0) is 14.9. The molecular formula is C16H14Cl2O2. The molecule has 2 rings (SSSR count). The number of halogens is 2. The molecule has 2 aromatic carbocycles. The van der Waals surface area contributed by atoms with Crippen LogP contribution in [0, 0.1) is 20.8 Å². The lowest BCUT2D eigenvalue weighted by atomic mass is 10.1. The highest BCUT2D eigenvalue weighted by Gasteiger charge is 2.14. The number of ether oxygens (including phenoxy) is 1. The Morgan fingerprint density at radius 2 is 1.60 bits per heavy atom. The van der Waals surface area contributed by atoms with Crippen molar-refractivity contribution >= 4 is 29.2 Å². The van der Waals surface area contributed by atoms with E-state index in [1.54, 1.807) is 12.1 Å². The molecule has 0 radical (unpaired) electrons. The molecule has 104 valence electrons. The molecule has 0 fully saturated rings. The number of hydrogen-bond acceptors (Lipinski definition) is 2. The number of benzene rings is 2. The molecule has 0 aliphatic carbocycles. The van der Waals surface area contributed by atoms with E-state index in [-0.39, 0.29) is 0 Å². The van der Waals surface area contributed by atoms with Crippen molar-refractivity contribution in [2.75, 3.05) is 0 Å². The maximum atomic E-state index is 12.2. The molecule has 0 unspecified atom stereocenters. The third kappa shape index (κ3) is 2.97. The monoisotopic (exact) mass is 308 g/mol. The summed E-state index contributed by atoms with van der Waals surface area (Å²) in [7, 11) is 0. The number of aryl methyl sites for hydroxylation is 2. The lowest BCUT2D eigenvalue weighted by molar-refractivity contribution is 0.0732. The zero-order valence-corrected chi connectivity index (χ0v) is 13.0. The van der Waals surface area contributed by atoms with Crippen LogP contribution in [0.2, 0.25) is 10.0 Å². The Kier molecular flexibility index (Phi) is 4.36. The minimum absolute atomic E-state index is 0.332. The van der Waals surface area contributed by atoms with Crippen LogP contribution in [-0.4, -0.2) is 5.97 Å². The van der Waals surface area contributed by atoms with E-state index in [0.717, 1.165) is 16.7 Å². The Hall–Kier alpha value is -1.51. The van der Waals surface area contributed by atoms with E-state index in [9.17, 15) is 4.79 Å². The Morgan fingerprint density at radius 3 is 2.25 bits per heavy atom. The molecule has 0 atom stereocenters. The summed E-state index contributed by atoms with van der Waals surface area (Å²) in [6.07, 6.45) is 0. The summed E-state index contributed by atoms with van der Waals surface area (Å²) in [5.74, 6) is 0.154. The second-order valence-corrected chi connectivity index (χ2v) is 5.49. The van der Waals surface area contributed by atoms with E-state index in [1.807, 2.05) is 32.9 Å². The summed E-state index contributed by atoms with van der Waals surface area (Å²) in [5, 5.41) is 0.741. The van der Waals surface area contributed by atoms with Gasteiger partial charge in [-0.15, -0.1) is 0 Å². The topological polar surface area (TPSA) is 26.3 Å². The lowest BCUT2D eigenvalue weighted by Gasteiger charge is -2.12. The molecule has 0 amide bonds. The average Bonchev–Trinajstić information content (AvgIpc) is 2.42. The van der Waals surface area contributed by atoms with Crippen molar-refractivity contribution in [3.63, 3.8) is 0 Å². The molecule has 2 nitrogen and oxygen atoms in total. The van der Waals surface area contributed by atoms with Crippen molar-refractivity contribution < 1.29 is 9.53 Å². The van der Waals surface area contributed by atoms with Crippen LogP contribution in [0.4, 0.5) is 0 Å². The predicted octanol–water partition coefficient (Wildman–Crippen LogP) is 5.14. The lowest BCUT2D eigenvalue weighted by Crippen LogP contribution is -2.10. The van der Waals surface area contributed by atoms with Crippen molar-refractivity contribution in [1.29, 1.82) is 0 Å². The Balaban J connectivity index is 2.32. The average molecular weight is 309 g/mol. The third-order valence-electron chi connectivity index (χ3n) is 3.22. The molecule has 20 heavy (non-hydrogen) atoms. The van der Waals surface area contributed by atoms with E-state index < -0.39 is 5.97 Å². The zero-order valence-electron chi connectivity index (χ0n) is 11.5. The second kappa shape index (κ2) is 5.86. The van der Waals surface area contributed by atoms with Gasteiger partial charge in [-0.25, -0.2) is 4.79 Å². The van der Waals surface area contributed by atoms with Gasteiger partial charge in [0.25, 0.3) is 0 Å². The molecule has 4 heteroatoms. The van der Waals surface area contributed by atoms with Gasteiger partial charge in [0.2, 0.25) is 0 Å². The van der Waals surface area contributed by atoms with Crippen molar-refractivity contribution in [2.45, 2.75) is 20.8 Å². The molecule has 0 heterocycles. The van der Waals surface area contributed by atoms with E-state index in [2.05, 4.69) is 0 Å². The van der Waals surface area contributed by atoms with Crippen LogP contribution in [0.15, 0.2) is 30.3 Å². The van der Waals surface area contributed by atoms with Crippen LogP contribution in [0.5, 0.6) is 5.75 Å². The van der Waals surface area contributed by atoms with E-state index >= 15 is 0 Å². The van der Waals surface area contributed by atoms with E-state index in [1.165, 1.54) is 6.07 Å². The molecule has 0 saturated heterocycles. The summed E-state index contributed by atoms with van der Waals surface area (Å²) in [5.41, 5.74) is 3.33. The van der Waals surface area contributed by atoms with Crippen LogP contribution < -0.4 is 4.74 Å². The summed E-state index contributed by atoms with van der Waals surface area (Å²) in [6, 6.07) is 8.61. The van der Waals surface area contributed by atoms with Crippen molar-refractivity contribution in [2.24, 2.45) is 0 Å². The first kappa shape index (κ1) is 14.9. The molecule has 0 spiro atoms. The Bertz CT molecular complexity index is 678. The summed E-state index contributed by atoms with van der Waals surface area (Å²) in [4.78, 5) is 12.2. The standard InChI is InChI=1S/C16H14Cl2O2/c1-9-4-5-10(2)15(11(9)3)20-16(19)12-6-7-13(17)14(18)8-12/h4-8H,1-3H3. The number of carbonyl (C=O) groups is 1. The van der Waals surface area contributed by atoms with Crippen molar-refractivity contribution in [1.82, 2.24) is 0 Å². The normalized spacial score (nSPS) is 10.4. The highest BCUT2D eigenvalue weighted by molar-refractivity contribution is 6.42. The van der Waals surface area contributed by atoms with Crippen molar-refractivity contribution in [3.8, 4) is 5.75 Å². The maximum absolute atomic E-state index is 12.2. The van der Waals surface area contributed by atoms with Gasteiger partial charge in [0.1, 0.15) is 5.75 Å². The molecule has 0 aromatic heterocycles. The highest BCUT2D eigenvalue weighted by Crippen LogP contribution is 2.28. The van der Waals surface area contributed by atoms with Gasteiger partial charge in [0.15, 0.2) is 0 Å². The van der Waals surface area contributed by atoms with Crippen LogP contribution in [-0.2, 0) is 0 Å². The molecule has 0 bridgehead atoms. The van der Waals surface area contributed by atoms with Crippen LogP contribution in [0.1, 0.15) is 27.0 Å². The summed E-state index contributed by atoms with van der Waals surface area (Å²) < 4.78 is 5.50. The maximum Gasteiger partial charge on any atom is 0.343 e. The molecule has 0 aliphatic heterocycles. The van der Waals surface area contributed by atoms with Crippen LogP contribution in [0.3, 0.4) is 0 Å². The summed E-state index contributed by atoms with van der Waals surface area (Å²) >= 11 is 11.7. The van der Waals surface area contributed by atoms with Gasteiger partial charge >= 0.3 is 5.97 Å². The second-order valence-electron chi connectivity index (χ2n) is 4.67. The Morgan fingerprint density at radius 1 is 0.950 bits per heavy atom. The molecule has 2 aromatic rings. The number of rotatable bonds is 2. The predicted molar refractivity (Wildman–Crippen MR) is 82.1 cm³/mol. The highest BCUT2D eigenvalue weighted by atomic mass is 35.5. The minimum Gasteiger partial charge on any atom is -0.422 e. The molecule has 0 aliphatic rings. The van der Waals surface area contributed by atoms with E-state index in [4.69, 9.17) is 27.9 Å². The first-order valence-electron chi connectivity index (χ1n) is 6.14. The molecule has 0 N–H and O–H groups in total. The smallest absolute Gasteiger partial charge is 0.343 e. The fraction of sp³-hybridized carbons (Fsp3) is 0.188. The fourth-order valence-electron chi connectivity index (χ4n) is 1.86. The quantitative estimate of drug-likeness (QED) is 0.567. The third-order valence-corrected chi connectivity index (χ3v) is 3.96. The molecular weight excluding hydrogens is 295 g/mol. The summed E-state index contributed by atoms with van der Waals surface area (Å²) in [6.45, 7) is 5.81. The number of carbonyl (C=O) groups excluding carboxylic acids is 1. The number of esters is 1. The molecule has 0 saturated carbocycles. The van der Waals surface area contributed by atoms with Crippen molar-refractivity contribution in [3.05, 3.63) is 62.6 Å². The van der Waals surface area contributed by atoms with Gasteiger partial charge in [0, 0.05) is 0 Å². The first-order valence-corrected chi connectivity index (χ1v) is 6.89. The Labute approximate surface area is 128 Å². The van der Waals surface area contributed by atoms with Crippen LogP contribution >= 0.6 is 23.2 Å². The minimum atomic E-state index is -0.444. The van der Waals surface area contributed by atoms with Gasteiger partial charge in [0.05, 0.1) is 15.6 Å². The van der Waals surface area contributed by atoms with Gasteiger partial charge in [-0.1, -0.05) is 35.3 Å². The van der Waals surface area contributed by atoms with Gasteiger partial charge in [-0.05, 0) is 55.7 Å². The largest absolute Gasteiger partial charge is 0.422 e.